The van der Waals surface area contributed by atoms with Crippen molar-refractivity contribution in [3.8, 4) is 0 Å². The van der Waals surface area contributed by atoms with Gasteiger partial charge in [0.15, 0.2) is 0 Å². The summed E-state index contributed by atoms with van der Waals surface area (Å²) in [6.45, 7) is -0.333. The van der Waals surface area contributed by atoms with Crippen LogP contribution in [0.5, 0.6) is 0 Å². The molecule has 2 nitrogen and oxygen atoms in total. The number of aromatic nitrogens is 1. The Bertz CT molecular complexity index is 265. The first-order valence-electron chi connectivity index (χ1n) is 3.77. The van der Waals surface area contributed by atoms with E-state index in [9.17, 15) is 13.2 Å². The van der Waals surface area contributed by atoms with E-state index in [-0.39, 0.29) is 6.54 Å². The van der Waals surface area contributed by atoms with E-state index in [1.165, 1.54) is 12.3 Å². The maximum atomic E-state index is 12.8. The molecular weight excluding hydrogens is 181 g/mol. The summed E-state index contributed by atoms with van der Waals surface area (Å²) in [5, 5.41) is 2.42. The second kappa shape index (κ2) is 4.81. The smallest absolute Gasteiger partial charge is 0.250 e. The molecule has 0 unspecified atom stereocenters. The van der Waals surface area contributed by atoms with E-state index in [1.807, 2.05) is 0 Å². The van der Waals surface area contributed by atoms with Crippen molar-refractivity contribution in [3.05, 3.63) is 29.8 Å². The number of alkyl halides is 2. The molecule has 0 bridgehead atoms. The molecule has 0 aliphatic carbocycles. The lowest BCUT2D eigenvalue weighted by Crippen LogP contribution is -2.21. The molecule has 0 saturated carbocycles. The predicted molar refractivity (Wildman–Crippen MR) is 41.9 cm³/mol. The van der Waals surface area contributed by atoms with Crippen LogP contribution in [0.3, 0.4) is 0 Å². The van der Waals surface area contributed by atoms with E-state index >= 15 is 0 Å². The van der Waals surface area contributed by atoms with Crippen LogP contribution in [-0.4, -0.2) is 18.0 Å². The zero-order valence-corrected chi connectivity index (χ0v) is 6.80. The molecule has 0 aromatic carbocycles. The average molecular weight is 190 g/mol. The summed E-state index contributed by atoms with van der Waals surface area (Å²) < 4.78 is 36.2. The van der Waals surface area contributed by atoms with Gasteiger partial charge in [-0.3, -0.25) is 4.98 Å². The molecule has 1 aromatic rings. The Kier molecular flexibility index (Phi) is 3.70. The number of rotatable bonds is 4. The molecule has 1 heterocycles. The largest absolute Gasteiger partial charge is 0.307 e. The molecule has 0 fully saturated rings. The fourth-order valence-electron chi connectivity index (χ4n) is 0.863. The molecule has 0 aliphatic rings. The number of hydrogen-bond donors (Lipinski definition) is 1. The topological polar surface area (TPSA) is 24.9 Å². The third-order valence-corrected chi connectivity index (χ3v) is 1.47. The van der Waals surface area contributed by atoms with E-state index in [4.69, 9.17) is 0 Å². The normalized spacial score (nSPS) is 10.8. The third kappa shape index (κ3) is 3.42. The minimum atomic E-state index is -2.41. The van der Waals surface area contributed by atoms with E-state index in [0.29, 0.717) is 5.56 Å². The summed E-state index contributed by atoms with van der Waals surface area (Å²) in [6, 6.07) is 1.45. The van der Waals surface area contributed by atoms with Gasteiger partial charge in [-0.1, -0.05) is 0 Å². The van der Waals surface area contributed by atoms with Gasteiger partial charge in [-0.2, -0.15) is 0 Å². The zero-order chi connectivity index (χ0) is 9.68. The Balaban J connectivity index is 2.41. The standard InChI is InChI=1S/C8H9F3N2/c9-7-4-12-2-1-6(7)3-13-5-8(10)11/h1-2,4,8,13H,3,5H2. The van der Waals surface area contributed by atoms with Crippen LogP contribution < -0.4 is 5.32 Å². The lowest BCUT2D eigenvalue weighted by atomic mass is 10.2. The fraction of sp³-hybridized carbons (Fsp3) is 0.375. The van der Waals surface area contributed by atoms with Crippen molar-refractivity contribution in [1.29, 1.82) is 0 Å². The third-order valence-electron chi connectivity index (χ3n) is 1.47. The highest BCUT2D eigenvalue weighted by Crippen LogP contribution is 2.03. The van der Waals surface area contributed by atoms with Crippen molar-refractivity contribution in [2.45, 2.75) is 13.0 Å². The van der Waals surface area contributed by atoms with Crippen molar-refractivity contribution in [2.75, 3.05) is 6.54 Å². The van der Waals surface area contributed by atoms with E-state index in [2.05, 4.69) is 10.3 Å². The van der Waals surface area contributed by atoms with Crippen LogP contribution in [-0.2, 0) is 6.54 Å². The molecule has 0 amide bonds. The van der Waals surface area contributed by atoms with Gasteiger partial charge in [0, 0.05) is 18.3 Å². The molecule has 0 atom stereocenters. The van der Waals surface area contributed by atoms with Crippen molar-refractivity contribution in [3.63, 3.8) is 0 Å². The van der Waals surface area contributed by atoms with Crippen molar-refractivity contribution < 1.29 is 13.2 Å². The van der Waals surface area contributed by atoms with Gasteiger partial charge in [-0.15, -0.1) is 0 Å². The van der Waals surface area contributed by atoms with Gasteiger partial charge in [-0.25, -0.2) is 13.2 Å². The molecule has 1 N–H and O–H groups in total. The van der Waals surface area contributed by atoms with Gasteiger partial charge in [-0.05, 0) is 6.07 Å². The summed E-state index contributed by atoms with van der Waals surface area (Å²) in [5.41, 5.74) is 0.343. The zero-order valence-electron chi connectivity index (χ0n) is 6.80. The van der Waals surface area contributed by atoms with Gasteiger partial charge in [0.05, 0.1) is 12.7 Å². The minimum Gasteiger partial charge on any atom is -0.307 e. The maximum absolute atomic E-state index is 12.8. The monoisotopic (exact) mass is 190 g/mol. The fourth-order valence-corrected chi connectivity index (χ4v) is 0.863. The molecular formula is C8H9F3N2. The summed E-state index contributed by atoms with van der Waals surface area (Å²) >= 11 is 0. The summed E-state index contributed by atoms with van der Waals surface area (Å²) in [5.74, 6) is -0.482. The molecule has 1 aromatic heterocycles. The number of hydrogen-bond acceptors (Lipinski definition) is 2. The number of nitrogens with one attached hydrogen (secondary N) is 1. The summed E-state index contributed by atoms with van der Waals surface area (Å²) in [6.07, 6.45) is 0.0619. The van der Waals surface area contributed by atoms with Crippen molar-refractivity contribution >= 4 is 0 Å². The first kappa shape index (κ1) is 9.98. The molecule has 5 heteroatoms. The van der Waals surface area contributed by atoms with Crippen LogP contribution in [0.1, 0.15) is 5.56 Å². The van der Waals surface area contributed by atoms with Crippen LogP contribution in [0.4, 0.5) is 13.2 Å². The minimum absolute atomic E-state index is 0.0959. The molecule has 1 rings (SSSR count). The second-order valence-electron chi connectivity index (χ2n) is 2.49. The second-order valence-corrected chi connectivity index (χ2v) is 2.49. The lowest BCUT2D eigenvalue weighted by molar-refractivity contribution is 0.145. The molecule has 72 valence electrons. The van der Waals surface area contributed by atoms with Crippen LogP contribution >= 0.6 is 0 Å². The maximum Gasteiger partial charge on any atom is 0.250 e. The molecule has 0 radical (unpaired) electrons. The van der Waals surface area contributed by atoms with Gasteiger partial charge >= 0.3 is 0 Å². The molecule has 0 saturated heterocycles. The molecule has 0 spiro atoms. The first-order valence-corrected chi connectivity index (χ1v) is 3.77. The number of halogens is 3. The summed E-state index contributed by atoms with van der Waals surface area (Å²) in [7, 11) is 0. The van der Waals surface area contributed by atoms with E-state index in [0.717, 1.165) is 6.20 Å². The Labute approximate surface area is 73.8 Å². The quantitative estimate of drug-likeness (QED) is 0.779. The highest BCUT2D eigenvalue weighted by Gasteiger charge is 2.03. The number of nitrogens with zero attached hydrogens (tertiary/aromatic N) is 1. The number of pyridine rings is 1. The Morgan fingerprint density at radius 1 is 1.46 bits per heavy atom. The van der Waals surface area contributed by atoms with E-state index in [1.54, 1.807) is 0 Å². The van der Waals surface area contributed by atoms with Gasteiger partial charge in [0.2, 0.25) is 0 Å². The van der Waals surface area contributed by atoms with Crippen LogP contribution in [0, 0.1) is 5.82 Å². The Morgan fingerprint density at radius 2 is 2.23 bits per heavy atom. The lowest BCUT2D eigenvalue weighted by Gasteiger charge is -2.04. The Hall–Kier alpha value is -1.10. The Morgan fingerprint density at radius 3 is 2.85 bits per heavy atom. The van der Waals surface area contributed by atoms with Crippen LogP contribution in [0.25, 0.3) is 0 Å². The van der Waals surface area contributed by atoms with Gasteiger partial charge < -0.3 is 5.32 Å². The molecule has 0 aliphatic heterocycles. The first-order chi connectivity index (χ1) is 6.20. The molecule has 13 heavy (non-hydrogen) atoms. The van der Waals surface area contributed by atoms with Crippen molar-refractivity contribution in [1.82, 2.24) is 10.3 Å². The predicted octanol–water partition coefficient (Wildman–Crippen LogP) is 1.58. The van der Waals surface area contributed by atoms with Crippen molar-refractivity contribution in [2.24, 2.45) is 0 Å². The highest BCUT2D eigenvalue weighted by atomic mass is 19.3. The van der Waals surface area contributed by atoms with E-state index < -0.39 is 18.8 Å². The summed E-state index contributed by atoms with van der Waals surface area (Å²) in [4.78, 5) is 3.54. The van der Waals surface area contributed by atoms with Crippen LogP contribution in [0.15, 0.2) is 18.5 Å². The average Bonchev–Trinajstić information content (AvgIpc) is 2.08. The van der Waals surface area contributed by atoms with Gasteiger partial charge in [0.1, 0.15) is 5.82 Å². The van der Waals surface area contributed by atoms with Crippen LogP contribution in [0.2, 0.25) is 0 Å². The SMILES string of the molecule is Fc1cnccc1CNCC(F)F. The van der Waals surface area contributed by atoms with Gasteiger partial charge in [0.25, 0.3) is 6.43 Å². The highest BCUT2D eigenvalue weighted by molar-refractivity contribution is 5.11.